The first kappa shape index (κ1) is 15.1. The van der Waals surface area contributed by atoms with Crippen LogP contribution in [0.3, 0.4) is 0 Å². The molecule has 0 fully saturated rings. The third-order valence-corrected chi connectivity index (χ3v) is 3.56. The lowest BCUT2D eigenvalue weighted by atomic mass is 10.2. The Morgan fingerprint density at radius 1 is 1.52 bits per heavy atom. The molecule has 0 aliphatic carbocycles. The van der Waals surface area contributed by atoms with Gasteiger partial charge in [0.2, 0.25) is 11.7 Å². The molecule has 0 saturated carbocycles. The van der Waals surface area contributed by atoms with E-state index in [1.807, 2.05) is 24.4 Å². The quantitative estimate of drug-likeness (QED) is 0.781. The highest BCUT2D eigenvalue weighted by Crippen LogP contribution is 2.19. The number of nitrogens with one attached hydrogen (secondary N) is 1. The summed E-state index contributed by atoms with van der Waals surface area (Å²) in [5.41, 5.74) is 0. The average molecular weight is 309 g/mol. The van der Waals surface area contributed by atoms with Gasteiger partial charge in [-0.3, -0.25) is 4.79 Å². The second-order valence-corrected chi connectivity index (χ2v) is 5.32. The number of thiophene rings is 1. The van der Waals surface area contributed by atoms with E-state index in [1.165, 1.54) is 11.3 Å². The maximum absolute atomic E-state index is 11.8. The molecule has 0 aliphatic heterocycles. The fourth-order valence-electron chi connectivity index (χ4n) is 1.73. The average Bonchev–Trinajstić information content (AvgIpc) is 3.08. The molecule has 2 rings (SSSR count). The molecular weight excluding hydrogens is 294 g/mol. The highest BCUT2D eigenvalue weighted by Gasteiger charge is 2.19. The molecule has 0 radical (unpaired) electrons. The number of carbonyl (C=O) groups is 2. The molecule has 1 amide bonds. The van der Waals surface area contributed by atoms with Gasteiger partial charge >= 0.3 is 5.97 Å². The van der Waals surface area contributed by atoms with Gasteiger partial charge in [0.15, 0.2) is 0 Å². The second-order valence-electron chi connectivity index (χ2n) is 4.37. The molecule has 2 heterocycles. The van der Waals surface area contributed by atoms with Crippen LogP contribution in [0.2, 0.25) is 0 Å². The van der Waals surface area contributed by atoms with Crippen molar-refractivity contribution in [2.24, 2.45) is 0 Å². The first-order valence-electron chi connectivity index (χ1n) is 6.44. The van der Waals surface area contributed by atoms with E-state index < -0.39 is 17.9 Å². The molecule has 0 saturated heterocycles. The van der Waals surface area contributed by atoms with Crippen LogP contribution in [0.25, 0.3) is 10.7 Å². The molecular formula is C12H15N5O3S. The normalized spacial score (nSPS) is 12.0. The molecule has 0 bridgehead atoms. The summed E-state index contributed by atoms with van der Waals surface area (Å²) in [5.74, 6) is -1.05. The fourth-order valence-corrected chi connectivity index (χ4v) is 2.38. The van der Waals surface area contributed by atoms with Crippen LogP contribution in [-0.4, -0.2) is 43.2 Å². The predicted octanol–water partition coefficient (Wildman–Crippen LogP) is 0.771. The van der Waals surface area contributed by atoms with Gasteiger partial charge in [-0.2, -0.15) is 4.80 Å². The van der Waals surface area contributed by atoms with Crippen molar-refractivity contribution in [1.29, 1.82) is 0 Å². The molecule has 2 N–H and O–H groups in total. The van der Waals surface area contributed by atoms with Crippen LogP contribution in [0.4, 0.5) is 0 Å². The van der Waals surface area contributed by atoms with E-state index in [-0.39, 0.29) is 6.54 Å². The third-order valence-electron chi connectivity index (χ3n) is 2.69. The van der Waals surface area contributed by atoms with Crippen molar-refractivity contribution in [2.45, 2.75) is 32.4 Å². The highest BCUT2D eigenvalue weighted by molar-refractivity contribution is 7.13. The molecule has 8 nitrogen and oxygen atoms in total. The lowest BCUT2D eigenvalue weighted by Crippen LogP contribution is -2.42. The second kappa shape index (κ2) is 6.93. The van der Waals surface area contributed by atoms with E-state index in [0.29, 0.717) is 18.7 Å². The minimum absolute atomic E-state index is 0.161. The number of nitrogens with zero attached hydrogens (tertiary/aromatic N) is 4. The summed E-state index contributed by atoms with van der Waals surface area (Å²) in [7, 11) is 0. The Hall–Kier alpha value is -2.29. The Bertz CT molecular complexity index is 610. The van der Waals surface area contributed by atoms with Crippen LogP contribution in [0.1, 0.15) is 19.8 Å². The number of carboxylic acids is 1. The molecule has 2 aromatic rings. The van der Waals surface area contributed by atoms with Crippen molar-refractivity contribution >= 4 is 23.2 Å². The lowest BCUT2D eigenvalue weighted by molar-refractivity contribution is -0.142. The van der Waals surface area contributed by atoms with Crippen molar-refractivity contribution < 1.29 is 14.7 Å². The molecule has 112 valence electrons. The van der Waals surface area contributed by atoms with E-state index in [0.717, 1.165) is 9.67 Å². The van der Waals surface area contributed by atoms with E-state index in [2.05, 4.69) is 20.7 Å². The molecule has 0 aromatic carbocycles. The fraction of sp³-hybridized carbons (Fsp3) is 0.417. The Kier molecular flexibility index (Phi) is 4.99. The van der Waals surface area contributed by atoms with Gasteiger partial charge < -0.3 is 10.4 Å². The van der Waals surface area contributed by atoms with E-state index >= 15 is 0 Å². The van der Waals surface area contributed by atoms with Crippen molar-refractivity contribution in [3.8, 4) is 10.7 Å². The number of hydrogen-bond acceptors (Lipinski definition) is 6. The van der Waals surface area contributed by atoms with Gasteiger partial charge in [-0.05, 0) is 23.1 Å². The molecule has 0 spiro atoms. The number of tetrazole rings is 1. The largest absolute Gasteiger partial charge is 0.480 e. The summed E-state index contributed by atoms with van der Waals surface area (Å²) in [5, 5.41) is 25.1. The van der Waals surface area contributed by atoms with Gasteiger partial charge in [0, 0.05) is 0 Å². The third kappa shape index (κ3) is 4.09. The monoisotopic (exact) mass is 309 g/mol. The maximum Gasteiger partial charge on any atom is 0.326 e. The highest BCUT2D eigenvalue weighted by atomic mass is 32.1. The summed E-state index contributed by atoms with van der Waals surface area (Å²) in [6.45, 7) is 1.69. The van der Waals surface area contributed by atoms with E-state index in [4.69, 9.17) is 5.11 Å². The van der Waals surface area contributed by atoms with E-state index in [1.54, 1.807) is 0 Å². The van der Waals surface area contributed by atoms with Crippen molar-refractivity contribution in [2.75, 3.05) is 0 Å². The summed E-state index contributed by atoms with van der Waals surface area (Å²) in [4.78, 5) is 24.8. The van der Waals surface area contributed by atoms with E-state index in [9.17, 15) is 9.59 Å². The molecule has 2 aromatic heterocycles. The zero-order valence-corrected chi connectivity index (χ0v) is 12.2. The minimum atomic E-state index is -1.05. The SMILES string of the molecule is CCC[C@@H](NC(=O)Cn1nnc(-c2cccs2)n1)C(=O)O. The van der Waals surface area contributed by atoms with Crippen LogP contribution in [0, 0.1) is 0 Å². The van der Waals surface area contributed by atoms with Crippen LogP contribution >= 0.6 is 11.3 Å². The van der Waals surface area contributed by atoms with Gasteiger partial charge in [-0.15, -0.1) is 21.5 Å². The van der Waals surface area contributed by atoms with Gasteiger partial charge in [0.25, 0.3) is 0 Å². The minimum Gasteiger partial charge on any atom is -0.480 e. The summed E-state index contributed by atoms with van der Waals surface area (Å²) in [6.07, 6.45) is 1.05. The summed E-state index contributed by atoms with van der Waals surface area (Å²) < 4.78 is 0. The molecule has 0 unspecified atom stereocenters. The number of aliphatic carboxylic acids is 1. The number of amides is 1. The molecule has 9 heteroatoms. The van der Waals surface area contributed by atoms with Crippen LogP contribution in [0.5, 0.6) is 0 Å². The maximum atomic E-state index is 11.8. The van der Waals surface area contributed by atoms with Crippen LogP contribution in [0.15, 0.2) is 17.5 Å². The summed E-state index contributed by atoms with van der Waals surface area (Å²) in [6, 6.07) is 2.84. The number of aromatic nitrogens is 4. The molecule has 0 aliphatic rings. The van der Waals surface area contributed by atoms with Crippen LogP contribution < -0.4 is 5.32 Å². The first-order valence-corrected chi connectivity index (χ1v) is 7.32. The Balaban J connectivity index is 1.95. The molecule has 1 atom stereocenters. The van der Waals surface area contributed by atoms with Gasteiger partial charge in [-0.25, -0.2) is 4.79 Å². The van der Waals surface area contributed by atoms with Crippen molar-refractivity contribution in [1.82, 2.24) is 25.5 Å². The number of hydrogen-bond donors (Lipinski definition) is 2. The lowest BCUT2D eigenvalue weighted by Gasteiger charge is -2.12. The predicted molar refractivity (Wildman–Crippen MR) is 75.6 cm³/mol. The zero-order chi connectivity index (χ0) is 15.2. The Morgan fingerprint density at radius 2 is 2.33 bits per heavy atom. The molecule has 21 heavy (non-hydrogen) atoms. The van der Waals surface area contributed by atoms with Crippen LogP contribution in [-0.2, 0) is 16.1 Å². The smallest absolute Gasteiger partial charge is 0.326 e. The standard InChI is InChI=1S/C12H15N5O3S/c1-2-4-8(12(19)20)13-10(18)7-17-15-11(14-16-17)9-5-3-6-21-9/h3,5-6,8H,2,4,7H2,1H3,(H,13,18)(H,19,20)/t8-/m1/s1. The summed E-state index contributed by atoms with van der Waals surface area (Å²) >= 11 is 1.47. The number of rotatable bonds is 7. The van der Waals surface area contributed by atoms with Gasteiger partial charge in [-0.1, -0.05) is 19.4 Å². The van der Waals surface area contributed by atoms with Gasteiger partial charge in [0.05, 0.1) is 4.88 Å². The topological polar surface area (TPSA) is 110 Å². The van der Waals surface area contributed by atoms with Gasteiger partial charge in [0.1, 0.15) is 12.6 Å². The zero-order valence-electron chi connectivity index (χ0n) is 11.4. The Morgan fingerprint density at radius 3 is 2.95 bits per heavy atom. The van der Waals surface area contributed by atoms with Crippen molar-refractivity contribution in [3.05, 3.63) is 17.5 Å². The Labute approximate surface area is 124 Å². The number of carbonyl (C=O) groups excluding carboxylic acids is 1. The van der Waals surface area contributed by atoms with Crippen molar-refractivity contribution in [3.63, 3.8) is 0 Å². The first-order chi connectivity index (χ1) is 10.1. The number of carboxylic acid groups (broad SMARTS) is 1.